The van der Waals surface area contributed by atoms with Crippen LogP contribution in [0, 0.1) is 0 Å². The van der Waals surface area contributed by atoms with E-state index in [9.17, 15) is 0 Å². The highest BCUT2D eigenvalue weighted by molar-refractivity contribution is 5.45. The molecule has 2 aliphatic rings. The van der Waals surface area contributed by atoms with Crippen molar-refractivity contribution in [3.63, 3.8) is 0 Å². The molecule has 2 aliphatic heterocycles. The molecule has 0 unspecified atom stereocenters. The number of aromatic nitrogens is 4. The van der Waals surface area contributed by atoms with E-state index in [0.29, 0.717) is 23.9 Å². The van der Waals surface area contributed by atoms with Gasteiger partial charge in [0, 0.05) is 25.0 Å². The van der Waals surface area contributed by atoms with Crippen molar-refractivity contribution in [1.82, 2.24) is 24.6 Å². The summed E-state index contributed by atoms with van der Waals surface area (Å²) in [6, 6.07) is 11.8. The van der Waals surface area contributed by atoms with E-state index in [-0.39, 0.29) is 0 Å². The summed E-state index contributed by atoms with van der Waals surface area (Å²) in [5.74, 6) is 1.73. The highest BCUT2D eigenvalue weighted by Gasteiger charge is 2.46. The van der Waals surface area contributed by atoms with Gasteiger partial charge in [-0.15, -0.1) is 0 Å². The standard InChI is InChI=1S/C19H21N5O/c1-23-12-20-11-17(23)19-21-18(22-25-19)14-10-16(13-6-3-2-4-7-13)24-9-5-8-15(14)24/h2-4,6-7,11-12,14-16H,5,8-10H2,1H3/t14-,15+,16-/m1/s1. The Labute approximate surface area is 146 Å². The van der Waals surface area contributed by atoms with E-state index in [1.807, 2.05) is 11.6 Å². The van der Waals surface area contributed by atoms with Crippen LogP contribution in [0.1, 0.15) is 42.6 Å². The van der Waals surface area contributed by atoms with Gasteiger partial charge in [-0.25, -0.2) is 4.98 Å². The van der Waals surface area contributed by atoms with E-state index in [0.717, 1.165) is 24.5 Å². The van der Waals surface area contributed by atoms with Crippen LogP contribution in [0.25, 0.3) is 11.6 Å². The van der Waals surface area contributed by atoms with Crippen LogP contribution in [-0.2, 0) is 7.05 Å². The summed E-state index contributed by atoms with van der Waals surface area (Å²) in [5, 5.41) is 4.33. The monoisotopic (exact) mass is 335 g/mol. The van der Waals surface area contributed by atoms with E-state index < -0.39 is 0 Å². The van der Waals surface area contributed by atoms with E-state index >= 15 is 0 Å². The second-order valence-corrected chi connectivity index (χ2v) is 7.06. The normalized spacial score (nSPS) is 26.2. The highest BCUT2D eigenvalue weighted by Crippen LogP contribution is 2.48. The third kappa shape index (κ3) is 2.40. The fourth-order valence-electron chi connectivity index (χ4n) is 4.50. The fourth-order valence-corrected chi connectivity index (χ4v) is 4.50. The lowest BCUT2D eigenvalue weighted by atomic mass is 9.94. The summed E-state index contributed by atoms with van der Waals surface area (Å²) in [6.07, 6.45) is 7.03. The summed E-state index contributed by atoms with van der Waals surface area (Å²) < 4.78 is 7.45. The van der Waals surface area contributed by atoms with Crippen molar-refractivity contribution in [2.24, 2.45) is 7.05 Å². The molecular weight excluding hydrogens is 314 g/mol. The zero-order valence-electron chi connectivity index (χ0n) is 14.2. The maximum absolute atomic E-state index is 5.55. The predicted octanol–water partition coefficient (Wildman–Crippen LogP) is 3.16. The highest BCUT2D eigenvalue weighted by atomic mass is 16.5. The van der Waals surface area contributed by atoms with Gasteiger partial charge in [-0.05, 0) is 31.4 Å². The third-order valence-electron chi connectivity index (χ3n) is 5.68. The molecule has 6 heteroatoms. The van der Waals surface area contributed by atoms with Crippen molar-refractivity contribution in [2.75, 3.05) is 6.54 Å². The molecule has 0 bridgehead atoms. The third-order valence-corrected chi connectivity index (χ3v) is 5.68. The van der Waals surface area contributed by atoms with Crippen molar-refractivity contribution in [1.29, 1.82) is 0 Å². The summed E-state index contributed by atoms with van der Waals surface area (Å²) in [4.78, 5) is 11.5. The molecule has 0 spiro atoms. The molecule has 3 atom stereocenters. The van der Waals surface area contributed by atoms with Gasteiger partial charge in [0.05, 0.1) is 12.5 Å². The Kier molecular flexibility index (Phi) is 3.45. The lowest BCUT2D eigenvalue weighted by Gasteiger charge is -2.24. The molecule has 5 rings (SSSR count). The largest absolute Gasteiger partial charge is 0.332 e. The summed E-state index contributed by atoms with van der Waals surface area (Å²) in [6.45, 7) is 1.16. The van der Waals surface area contributed by atoms with Gasteiger partial charge in [0.15, 0.2) is 5.82 Å². The number of imidazole rings is 1. The molecule has 25 heavy (non-hydrogen) atoms. The van der Waals surface area contributed by atoms with E-state index in [1.165, 1.54) is 18.4 Å². The Bertz CT molecular complexity index is 871. The molecule has 2 saturated heterocycles. The number of aryl methyl sites for hydroxylation is 1. The van der Waals surface area contributed by atoms with Gasteiger partial charge in [0.1, 0.15) is 5.69 Å². The van der Waals surface area contributed by atoms with Gasteiger partial charge < -0.3 is 9.09 Å². The Morgan fingerprint density at radius 1 is 1.20 bits per heavy atom. The van der Waals surface area contributed by atoms with Crippen LogP contribution in [0.3, 0.4) is 0 Å². The first-order valence-electron chi connectivity index (χ1n) is 8.92. The van der Waals surface area contributed by atoms with Gasteiger partial charge in [-0.1, -0.05) is 35.5 Å². The average molecular weight is 335 g/mol. The zero-order valence-corrected chi connectivity index (χ0v) is 14.2. The first-order chi connectivity index (χ1) is 12.3. The molecule has 0 amide bonds. The maximum atomic E-state index is 5.55. The molecule has 128 valence electrons. The SMILES string of the molecule is Cn1cncc1-c1nc([C@@H]2C[C@H](c3ccccc3)N3CCC[C@@H]23)no1. The molecule has 0 N–H and O–H groups in total. The van der Waals surface area contributed by atoms with Crippen molar-refractivity contribution >= 4 is 0 Å². The molecule has 3 aromatic rings. The Morgan fingerprint density at radius 3 is 2.88 bits per heavy atom. The first-order valence-corrected chi connectivity index (χ1v) is 8.92. The Morgan fingerprint density at radius 2 is 2.08 bits per heavy atom. The molecule has 2 aromatic heterocycles. The van der Waals surface area contributed by atoms with Gasteiger partial charge in [-0.3, -0.25) is 4.90 Å². The predicted molar refractivity (Wildman–Crippen MR) is 92.8 cm³/mol. The van der Waals surface area contributed by atoms with Crippen molar-refractivity contribution in [2.45, 2.75) is 37.3 Å². The summed E-state index contributed by atoms with van der Waals surface area (Å²) >= 11 is 0. The lowest BCUT2D eigenvalue weighted by molar-refractivity contribution is 0.243. The molecule has 0 aliphatic carbocycles. The quantitative estimate of drug-likeness (QED) is 0.736. The van der Waals surface area contributed by atoms with E-state index in [4.69, 9.17) is 9.51 Å². The van der Waals surface area contributed by atoms with Gasteiger partial charge >= 0.3 is 0 Å². The van der Waals surface area contributed by atoms with Crippen molar-refractivity contribution in [3.8, 4) is 11.6 Å². The number of fused-ring (bicyclic) bond motifs is 1. The minimum Gasteiger partial charge on any atom is -0.332 e. The second-order valence-electron chi connectivity index (χ2n) is 7.06. The lowest BCUT2D eigenvalue weighted by Crippen LogP contribution is -2.27. The Hall–Kier alpha value is -2.47. The van der Waals surface area contributed by atoms with Crippen LogP contribution in [-0.4, -0.2) is 37.2 Å². The first kappa shape index (κ1) is 14.8. The van der Waals surface area contributed by atoms with E-state index in [1.54, 1.807) is 12.5 Å². The molecule has 6 nitrogen and oxygen atoms in total. The number of rotatable bonds is 3. The van der Waals surface area contributed by atoms with Crippen LogP contribution < -0.4 is 0 Å². The molecular formula is C19H21N5O. The topological polar surface area (TPSA) is 60.0 Å². The summed E-state index contributed by atoms with van der Waals surface area (Å²) in [5.41, 5.74) is 2.26. The van der Waals surface area contributed by atoms with Crippen molar-refractivity contribution in [3.05, 3.63) is 54.2 Å². The van der Waals surface area contributed by atoms with Gasteiger partial charge in [-0.2, -0.15) is 4.98 Å². The van der Waals surface area contributed by atoms with E-state index in [2.05, 4.69) is 45.4 Å². The Balaban J connectivity index is 1.46. The maximum Gasteiger partial charge on any atom is 0.276 e. The van der Waals surface area contributed by atoms with Crippen LogP contribution >= 0.6 is 0 Å². The summed E-state index contributed by atoms with van der Waals surface area (Å²) in [7, 11) is 1.94. The van der Waals surface area contributed by atoms with Crippen LogP contribution in [0.2, 0.25) is 0 Å². The fraction of sp³-hybridized carbons (Fsp3) is 0.421. The average Bonchev–Trinajstić information content (AvgIpc) is 3.39. The van der Waals surface area contributed by atoms with Gasteiger partial charge in [0.2, 0.25) is 0 Å². The number of nitrogens with zero attached hydrogens (tertiary/aromatic N) is 5. The van der Waals surface area contributed by atoms with Crippen LogP contribution in [0.4, 0.5) is 0 Å². The zero-order chi connectivity index (χ0) is 16.8. The smallest absolute Gasteiger partial charge is 0.276 e. The van der Waals surface area contributed by atoms with Crippen LogP contribution in [0.5, 0.6) is 0 Å². The molecule has 1 aromatic carbocycles. The van der Waals surface area contributed by atoms with Crippen molar-refractivity contribution < 1.29 is 4.52 Å². The van der Waals surface area contributed by atoms with Gasteiger partial charge in [0.25, 0.3) is 5.89 Å². The minimum absolute atomic E-state index is 0.332. The molecule has 0 saturated carbocycles. The van der Waals surface area contributed by atoms with Crippen LogP contribution in [0.15, 0.2) is 47.4 Å². The second kappa shape index (κ2) is 5.81. The molecule has 2 fully saturated rings. The number of benzene rings is 1. The number of hydrogen-bond acceptors (Lipinski definition) is 5. The molecule has 0 radical (unpaired) electrons. The minimum atomic E-state index is 0.332. The number of hydrogen-bond donors (Lipinski definition) is 0. The molecule has 4 heterocycles.